The summed E-state index contributed by atoms with van der Waals surface area (Å²) in [6.45, 7) is 11.7. The Kier molecular flexibility index (Phi) is 9.32. The molecule has 0 saturated carbocycles. The lowest BCUT2D eigenvalue weighted by atomic mass is 9.69. The van der Waals surface area contributed by atoms with Crippen LogP contribution in [-0.2, 0) is 14.3 Å². The Morgan fingerprint density at radius 2 is 1.84 bits per heavy atom. The number of rotatable bonds is 3. The van der Waals surface area contributed by atoms with Crippen molar-refractivity contribution in [2.45, 2.75) is 92.6 Å². The minimum Gasteiger partial charge on any atom is -0.504 e. The van der Waals surface area contributed by atoms with Crippen molar-refractivity contribution in [3.8, 4) is 0 Å². The van der Waals surface area contributed by atoms with Gasteiger partial charge in [0.1, 0.15) is 0 Å². The lowest BCUT2D eigenvalue weighted by molar-refractivity contribution is -0.141. The van der Waals surface area contributed by atoms with Gasteiger partial charge in [-0.2, -0.15) is 0 Å². The van der Waals surface area contributed by atoms with E-state index in [1.165, 1.54) is 18.1 Å². The second kappa shape index (κ2) is 11.3. The van der Waals surface area contributed by atoms with Crippen LogP contribution in [-0.4, -0.2) is 34.7 Å². The molecule has 0 aromatic rings. The van der Waals surface area contributed by atoms with Crippen molar-refractivity contribution in [2.75, 3.05) is 6.61 Å². The van der Waals surface area contributed by atoms with Gasteiger partial charge in [-0.15, -0.1) is 0 Å². The molecule has 5 atom stereocenters. The molecule has 0 aromatic heterocycles. The highest BCUT2D eigenvalue weighted by Gasteiger charge is 2.51. The van der Waals surface area contributed by atoms with Crippen molar-refractivity contribution in [1.82, 2.24) is 0 Å². The van der Waals surface area contributed by atoms with E-state index in [1.54, 1.807) is 0 Å². The molecule has 2 aliphatic carbocycles. The van der Waals surface area contributed by atoms with Crippen molar-refractivity contribution in [2.24, 2.45) is 23.2 Å². The SMILES string of the molecule is CC(=O)OCC(C)C1=C(O)C(=O)C2(C)C/C=C(/C)CC/C=C(/C)CCC(O)C(C)CCC12. The largest absolute Gasteiger partial charge is 0.504 e. The van der Waals surface area contributed by atoms with Crippen LogP contribution in [0.4, 0.5) is 0 Å². The number of hydrogen-bond donors (Lipinski definition) is 2. The summed E-state index contributed by atoms with van der Waals surface area (Å²) in [6, 6.07) is 0. The number of Topliss-reactive ketones (excluding diaryl/α,β-unsaturated/α-hetero) is 1. The van der Waals surface area contributed by atoms with Gasteiger partial charge in [-0.25, -0.2) is 0 Å². The second-order valence-electron chi connectivity index (χ2n) is 10.3. The van der Waals surface area contributed by atoms with Crippen molar-refractivity contribution in [3.63, 3.8) is 0 Å². The van der Waals surface area contributed by atoms with Crippen molar-refractivity contribution in [3.05, 3.63) is 34.6 Å². The third kappa shape index (κ3) is 6.34. The molecule has 2 rings (SSSR count). The van der Waals surface area contributed by atoms with Gasteiger partial charge in [0.15, 0.2) is 5.76 Å². The zero-order valence-electron chi connectivity index (χ0n) is 20.7. The van der Waals surface area contributed by atoms with E-state index < -0.39 is 11.5 Å². The van der Waals surface area contributed by atoms with Crippen LogP contribution in [0.3, 0.4) is 0 Å². The normalized spacial score (nSPS) is 35.0. The van der Waals surface area contributed by atoms with Crippen LogP contribution in [0, 0.1) is 23.2 Å². The number of aliphatic hydroxyl groups excluding tert-OH is 2. The predicted octanol–water partition coefficient (Wildman–Crippen LogP) is 5.84. The molecule has 0 saturated heterocycles. The predicted molar refractivity (Wildman–Crippen MR) is 127 cm³/mol. The fourth-order valence-corrected chi connectivity index (χ4v) is 5.10. The first-order valence-corrected chi connectivity index (χ1v) is 12.1. The molecule has 0 amide bonds. The minimum absolute atomic E-state index is 0.0947. The molecule has 5 unspecified atom stereocenters. The van der Waals surface area contributed by atoms with Crippen LogP contribution in [0.2, 0.25) is 0 Å². The molecule has 180 valence electrons. The maximum Gasteiger partial charge on any atom is 0.302 e. The Bertz CT molecular complexity index is 790. The maximum atomic E-state index is 13.3. The van der Waals surface area contributed by atoms with Crippen molar-refractivity contribution in [1.29, 1.82) is 0 Å². The number of fused-ring (bicyclic) bond motifs is 1. The summed E-state index contributed by atoms with van der Waals surface area (Å²) in [5.74, 6) is -1.04. The van der Waals surface area contributed by atoms with Gasteiger partial charge in [0.25, 0.3) is 0 Å². The summed E-state index contributed by atoms with van der Waals surface area (Å²) in [4.78, 5) is 24.6. The van der Waals surface area contributed by atoms with E-state index in [1.807, 2.05) is 13.8 Å². The van der Waals surface area contributed by atoms with Gasteiger partial charge in [-0.3, -0.25) is 9.59 Å². The summed E-state index contributed by atoms with van der Waals surface area (Å²) >= 11 is 0. The molecule has 0 fully saturated rings. The summed E-state index contributed by atoms with van der Waals surface area (Å²) in [6.07, 6.45) is 9.53. The second-order valence-corrected chi connectivity index (χ2v) is 10.3. The molecule has 2 aliphatic rings. The van der Waals surface area contributed by atoms with E-state index in [-0.39, 0.29) is 41.9 Å². The lowest BCUT2D eigenvalue weighted by Crippen LogP contribution is -2.33. The first-order chi connectivity index (χ1) is 15.0. The standard InChI is InChI=1S/C27H42O5/c1-17-8-7-9-18(2)14-15-27(6)22(12-11-19(3)23(29)13-10-17)24(25(30)26(27)31)20(4)16-32-21(5)28/h8,14,19-20,22-23,29-30H,7,9-13,15-16H2,1-6H3/b17-8-,18-14-. The van der Waals surface area contributed by atoms with E-state index in [0.717, 1.165) is 32.1 Å². The number of esters is 1. The Morgan fingerprint density at radius 1 is 1.19 bits per heavy atom. The van der Waals surface area contributed by atoms with Crippen LogP contribution < -0.4 is 0 Å². The number of aliphatic hydroxyl groups is 2. The summed E-state index contributed by atoms with van der Waals surface area (Å²) in [5.41, 5.74) is 2.52. The molecule has 0 aliphatic heterocycles. The van der Waals surface area contributed by atoms with Gasteiger partial charge in [0, 0.05) is 18.3 Å². The van der Waals surface area contributed by atoms with Gasteiger partial charge in [0.2, 0.25) is 5.78 Å². The van der Waals surface area contributed by atoms with Crippen LogP contribution in [0.5, 0.6) is 0 Å². The van der Waals surface area contributed by atoms with Crippen LogP contribution in [0.25, 0.3) is 0 Å². The summed E-state index contributed by atoms with van der Waals surface area (Å²) in [7, 11) is 0. The molecular formula is C27H42O5. The lowest BCUT2D eigenvalue weighted by Gasteiger charge is -2.33. The fourth-order valence-electron chi connectivity index (χ4n) is 5.10. The average molecular weight is 447 g/mol. The molecule has 5 nitrogen and oxygen atoms in total. The van der Waals surface area contributed by atoms with Gasteiger partial charge in [-0.05, 0) is 76.2 Å². The highest BCUT2D eigenvalue weighted by Crippen LogP contribution is 2.51. The third-order valence-corrected chi connectivity index (χ3v) is 7.53. The van der Waals surface area contributed by atoms with Crippen molar-refractivity contribution >= 4 is 11.8 Å². The van der Waals surface area contributed by atoms with E-state index in [0.29, 0.717) is 18.4 Å². The van der Waals surface area contributed by atoms with Crippen LogP contribution >= 0.6 is 0 Å². The molecule has 0 aromatic carbocycles. The zero-order valence-corrected chi connectivity index (χ0v) is 20.7. The van der Waals surface area contributed by atoms with Gasteiger partial charge in [0.05, 0.1) is 12.7 Å². The maximum absolute atomic E-state index is 13.3. The fraction of sp³-hybridized carbons (Fsp3) is 0.704. The average Bonchev–Trinajstić information content (AvgIpc) is 2.92. The highest BCUT2D eigenvalue weighted by molar-refractivity contribution is 6.01. The number of carbonyl (C=O) groups excluding carboxylic acids is 2. The number of ether oxygens (including phenoxy) is 1. The van der Waals surface area contributed by atoms with Crippen LogP contribution in [0.1, 0.15) is 86.5 Å². The van der Waals surface area contributed by atoms with E-state index in [2.05, 4.69) is 32.9 Å². The molecular weight excluding hydrogens is 404 g/mol. The molecule has 2 N–H and O–H groups in total. The molecule has 0 spiro atoms. The number of hydrogen-bond acceptors (Lipinski definition) is 5. The number of allylic oxidation sites excluding steroid dienone is 5. The van der Waals surface area contributed by atoms with Gasteiger partial charge >= 0.3 is 5.97 Å². The molecule has 0 heterocycles. The summed E-state index contributed by atoms with van der Waals surface area (Å²) in [5, 5.41) is 21.6. The quantitative estimate of drug-likeness (QED) is 0.420. The minimum atomic E-state index is -0.734. The third-order valence-electron chi connectivity index (χ3n) is 7.53. The molecule has 0 bridgehead atoms. The Labute approximate surface area is 193 Å². The Hall–Kier alpha value is -1.88. The highest BCUT2D eigenvalue weighted by atomic mass is 16.5. The van der Waals surface area contributed by atoms with E-state index in [9.17, 15) is 19.8 Å². The van der Waals surface area contributed by atoms with Gasteiger partial charge in [-0.1, -0.05) is 44.1 Å². The first kappa shape index (κ1) is 26.4. The number of carbonyl (C=O) groups is 2. The Morgan fingerprint density at radius 3 is 2.50 bits per heavy atom. The first-order valence-electron chi connectivity index (χ1n) is 12.1. The topological polar surface area (TPSA) is 83.8 Å². The zero-order chi connectivity index (χ0) is 24.1. The van der Waals surface area contributed by atoms with Gasteiger partial charge < -0.3 is 14.9 Å². The smallest absolute Gasteiger partial charge is 0.302 e. The molecule has 0 radical (unpaired) electrons. The number of ketones is 1. The van der Waals surface area contributed by atoms with Crippen LogP contribution in [0.15, 0.2) is 34.6 Å². The monoisotopic (exact) mass is 446 g/mol. The van der Waals surface area contributed by atoms with E-state index >= 15 is 0 Å². The molecule has 32 heavy (non-hydrogen) atoms. The molecule has 5 heteroatoms. The van der Waals surface area contributed by atoms with Crippen molar-refractivity contribution < 1.29 is 24.5 Å². The van der Waals surface area contributed by atoms with E-state index in [4.69, 9.17) is 4.74 Å². The Balaban J connectivity index is 2.38. The summed E-state index contributed by atoms with van der Waals surface area (Å²) < 4.78 is 5.21.